The number of halogens is 1. The van der Waals surface area contributed by atoms with Crippen LogP contribution >= 0.6 is 23.4 Å². The topological polar surface area (TPSA) is 43.8 Å². The predicted octanol–water partition coefficient (Wildman–Crippen LogP) is 3.01. The van der Waals surface area contributed by atoms with Gasteiger partial charge in [0.25, 0.3) is 0 Å². The largest absolute Gasteiger partial charge is 0.329 e. The smallest absolute Gasteiger partial charge is 0.0533 e. The van der Waals surface area contributed by atoms with Crippen LogP contribution in [0.4, 0.5) is 0 Å². The molecule has 2 N–H and O–H groups in total. The van der Waals surface area contributed by atoms with Gasteiger partial charge in [-0.2, -0.15) is 5.10 Å². The van der Waals surface area contributed by atoms with Gasteiger partial charge in [-0.15, -0.1) is 11.8 Å². The third-order valence-electron chi connectivity index (χ3n) is 2.68. The van der Waals surface area contributed by atoms with Gasteiger partial charge in [-0.25, -0.2) is 0 Å². The van der Waals surface area contributed by atoms with Gasteiger partial charge in [0.1, 0.15) is 0 Å². The molecule has 18 heavy (non-hydrogen) atoms. The molecule has 1 atom stereocenters. The van der Waals surface area contributed by atoms with Crippen LogP contribution in [-0.4, -0.2) is 16.3 Å². The van der Waals surface area contributed by atoms with Gasteiger partial charge in [-0.1, -0.05) is 23.7 Å². The molecule has 0 bridgehead atoms. The molecule has 1 aromatic carbocycles. The normalized spacial score (nSPS) is 12.6. The highest BCUT2D eigenvalue weighted by molar-refractivity contribution is 7.98. The molecule has 2 aromatic rings. The Morgan fingerprint density at radius 1 is 1.39 bits per heavy atom. The molecule has 5 heteroatoms. The van der Waals surface area contributed by atoms with Crippen molar-refractivity contribution in [2.75, 3.05) is 6.54 Å². The van der Waals surface area contributed by atoms with E-state index in [1.54, 1.807) is 4.68 Å². The summed E-state index contributed by atoms with van der Waals surface area (Å²) in [5, 5.41) is 5.24. The zero-order chi connectivity index (χ0) is 13.0. The van der Waals surface area contributed by atoms with Gasteiger partial charge >= 0.3 is 0 Å². The first-order chi connectivity index (χ1) is 8.69. The fourth-order valence-corrected chi connectivity index (χ4v) is 2.85. The highest BCUT2D eigenvalue weighted by Gasteiger charge is 2.12. The van der Waals surface area contributed by atoms with Crippen LogP contribution < -0.4 is 5.73 Å². The predicted molar refractivity (Wildman–Crippen MR) is 77.8 cm³/mol. The number of aryl methyl sites for hydroxylation is 1. The van der Waals surface area contributed by atoms with Crippen LogP contribution in [0.25, 0.3) is 0 Å². The Morgan fingerprint density at radius 3 is 2.67 bits per heavy atom. The fourth-order valence-electron chi connectivity index (χ4n) is 1.68. The molecule has 0 aliphatic rings. The number of nitrogens with zero attached hydrogens (tertiary/aromatic N) is 2. The molecule has 0 aliphatic heterocycles. The summed E-state index contributed by atoms with van der Waals surface area (Å²) >= 11 is 7.69. The van der Waals surface area contributed by atoms with Crippen LogP contribution in [0.2, 0.25) is 5.02 Å². The molecule has 0 amide bonds. The number of hydrogen-bond donors (Lipinski definition) is 1. The number of hydrogen-bond acceptors (Lipinski definition) is 3. The standard InChI is InChI=1S/C13H16ClN3S/c1-17-8-11(7-16-17)13(6-15)18-9-10-2-4-12(14)5-3-10/h2-5,7-8,13H,6,9,15H2,1H3. The zero-order valence-corrected chi connectivity index (χ0v) is 11.8. The molecule has 3 nitrogen and oxygen atoms in total. The molecule has 0 spiro atoms. The van der Waals surface area contributed by atoms with Crippen molar-refractivity contribution in [3.8, 4) is 0 Å². The van der Waals surface area contributed by atoms with E-state index in [0.717, 1.165) is 10.8 Å². The molecule has 1 heterocycles. The second-order valence-corrected chi connectivity index (χ2v) is 5.74. The minimum absolute atomic E-state index is 0.286. The van der Waals surface area contributed by atoms with E-state index in [0.29, 0.717) is 6.54 Å². The first-order valence-corrected chi connectivity index (χ1v) is 7.16. The number of aromatic nitrogens is 2. The Balaban J connectivity index is 1.97. The highest BCUT2D eigenvalue weighted by atomic mass is 35.5. The van der Waals surface area contributed by atoms with E-state index in [1.165, 1.54) is 11.1 Å². The Bertz CT molecular complexity index is 495. The van der Waals surface area contributed by atoms with Gasteiger partial charge in [-0.3, -0.25) is 4.68 Å². The monoisotopic (exact) mass is 281 g/mol. The second-order valence-electron chi connectivity index (χ2n) is 4.11. The summed E-state index contributed by atoms with van der Waals surface area (Å²) in [6, 6.07) is 7.93. The first-order valence-electron chi connectivity index (χ1n) is 5.73. The van der Waals surface area contributed by atoms with Crippen LogP contribution in [0.1, 0.15) is 16.4 Å². The molecule has 1 unspecified atom stereocenters. The lowest BCUT2D eigenvalue weighted by Gasteiger charge is -2.12. The van der Waals surface area contributed by atoms with Crippen LogP contribution in [0, 0.1) is 0 Å². The van der Waals surface area contributed by atoms with E-state index in [4.69, 9.17) is 17.3 Å². The maximum atomic E-state index is 5.86. The van der Waals surface area contributed by atoms with Crippen molar-refractivity contribution >= 4 is 23.4 Å². The summed E-state index contributed by atoms with van der Waals surface area (Å²) in [6.07, 6.45) is 3.90. The molecular formula is C13H16ClN3S. The summed E-state index contributed by atoms with van der Waals surface area (Å²) in [5.74, 6) is 0.925. The summed E-state index contributed by atoms with van der Waals surface area (Å²) < 4.78 is 1.81. The van der Waals surface area contributed by atoms with Crippen molar-refractivity contribution in [2.24, 2.45) is 12.8 Å². The lowest BCUT2D eigenvalue weighted by Crippen LogP contribution is -2.09. The molecule has 0 fully saturated rings. The maximum Gasteiger partial charge on any atom is 0.0533 e. The zero-order valence-electron chi connectivity index (χ0n) is 10.2. The van der Waals surface area contributed by atoms with Crippen molar-refractivity contribution in [1.82, 2.24) is 9.78 Å². The van der Waals surface area contributed by atoms with Crippen molar-refractivity contribution in [3.63, 3.8) is 0 Å². The van der Waals surface area contributed by atoms with Gasteiger partial charge in [0.15, 0.2) is 0 Å². The Labute approximate surface area is 116 Å². The third-order valence-corrected chi connectivity index (χ3v) is 4.29. The van der Waals surface area contributed by atoms with E-state index < -0.39 is 0 Å². The lowest BCUT2D eigenvalue weighted by atomic mass is 10.2. The lowest BCUT2D eigenvalue weighted by molar-refractivity contribution is 0.766. The van der Waals surface area contributed by atoms with E-state index in [-0.39, 0.29) is 5.25 Å². The number of thioether (sulfide) groups is 1. The van der Waals surface area contributed by atoms with Crippen molar-refractivity contribution in [2.45, 2.75) is 11.0 Å². The van der Waals surface area contributed by atoms with Crippen molar-refractivity contribution in [3.05, 3.63) is 52.8 Å². The first kappa shape index (κ1) is 13.5. The third kappa shape index (κ3) is 3.51. The number of benzene rings is 1. The van der Waals surface area contributed by atoms with Crippen molar-refractivity contribution in [1.29, 1.82) is 0 Å². The molecule has 96 valence electrons. The molecule has 1 aromatic heterocycles. The minimum atomic E-state index is 0.286. The number of rotatable bonds is 5. The van der Waals surface area contributed by atoms with E-state index in [1.807, 2.05) is 55.5 Å². The van der Waals surface area contributed by atoms with Crippen molar-refractivity contribution < 1.29 is 0 Å². The highest BCUT2D eigenvalue weighted by Crippen LogP contribution is 2.30. The van der Waals surface area contributed by atoms with Gasteiger partial charge in [-0.05, 0) is 17.7 Å². The Hall–Kier alpha value is -0.970. The summed E-state index contributed by atoms with van der Waals surface area (Å²) in [7, 11) is 1.92. The quantitative estimate of drug-likeness (QED) is 0.916. The van der Waals surface area contributed by atoms with Gasteiger partial charge in [0.2, 0.25) is 0 Å². The second kappa shape index (κ2) is 6.27. The molecule has 0 aliphatic carbocycles. The molecular weight excluding hydrogens is 266 g/mol. The summed E-state index contributed by atoms with van der Waals surface area (Å²) in [4.78, 5) is 0. The SMILES string of the molecule is Cn1cc(C(CN)SCc2ccc(Cl)cc2)cn1. The average molecular weight is 282 g/mol. The molecule has 0 saturated carbocycles. The number of nitrogens with two attached hydrogens (primary N) is 1. The maximum absolute atomic E-state index is 5.86. The molecule has 0 radical (unpaired) electrons. The van der Waals surface area contributed by atoms with Crippen LogP contribution in [0.5, 0.6) is 0 Å². The van der Waals surface area contributed by atoms with Gasteiger partial charge < -0.3 is 5.73 Å². The molecule has 0 saturated heterocycles. The van der Waals surface area contributed by atoms with Crippen LogP contribution in [0.15, 0.2) is 36.7 Å². The minimum Gasteiger partial charge on any atom is -0.329 e. The molecule has 2 rings (SSSR count). The fraction of sp³-hybridized carbons (Fsp3) is 0.308. The Morgan fingerprint density at radius 2 is 2.11 bits per heavy atom. The van der Waals surface area contributed by atoms with Crippen LogP contribution in [0.3, 0.4) is 0 Å². The average Bonchev–Trinajstić information content (AvgIpc) is 2.79. The van der Waals surface area contributed by atoms with E-state index in [9.17, 15) is 0 Å². The van der Waals surface area contributed by atoms with E-state index in [2.05, 4.69) is 5.10 Å². The van der Waals surface area contributed by atoms with E-state index >= 15 is 0 Å². The van der Waals surface area contributed by atoms with Gasteiger partial charge in [0.05, 0.1) is 6.20 Å². The summed E-state index contributed by atoms with van der Waals surface area (Å²) in [6.45, 7) is 0.615. The van der Waals surface area contributed by atoms with Crippen LogP contribution in [-0.2, 0) is 12.8 Å². The Kier molecular flexibility index (Phi) is 4.69. The summed E-state index contributed by atoms with van der Waals surface area (Å²) in [5.41, 5.74) is 8.26. The van der Waals surface area contributed by atoms with Gasteiger partial charge in [0, 0.05) is 41.4 Å².